The number of nitro groups is 1. The lowest BCUT2D eigenvalue weighted by Crippen LogP contribution is -2.23. The standard InChI is InChI=1S/C8H5F3N2O6/c1-18-7(15)5-4(19-8(9,10)11)2-3(13(16)17)6(14)12-5/h2H,1H3,(H,12,14). The van der Waals surface area contributed by atoms with E-state index in [1.54, 1.807) is 4.98 Å². The van der Waals surface area contributed by atoms with Crippen LogP contribution in [0.15, 0.2) is 10.9 Å². The summed E-state index contributed by atoms with van der Waals surface area (Å²) >= 11 is 0. The number of aromatic nitrogens is 1. The van der Waals surface area contributed by atoms with Crippen molar-refractivity contribution in [3.05, 3.63) is 32.2 Å². The van der Waals surface area contributed by atoms with E-state index in [1.165, 1.54) is 0 Å². The van der Waals surface area contributed by atoms with Crippen molar-refractivity contribution in [2.24, 2.45) is 0 Å². The molecule has 0 saturated heterocycles. The number of carbonyl (C=O) groups is 1. The Morgan fingerprint density at radius 2 is 2.05 bits per heavy atom. The summed E-state index contributed by atoms with van der Waals surface area (Å²) in [5.74, 6) is -2.57. The number of hydrogen-bond acceptors (Lipinski definition) is 6. The predicted molar refractivity (Wildman–Crippen MR) is 51.7 cm³/mol. The number of carbonyl (C=O) groups excluding carboxylic acids is 1. The predicted octanol–water partition coefficient (Wildman–Crippen LogP) is 0.968. The highest BCUT2D eigenvalue weighted by atomic mass is 19.4. The normalized spacial score (nSPS) is 10.9. The van der Waals surface area contributed by atoms with E-state index in [-0.39, 0.29) is 6.07 Å². The molecule has 0 amide bonds. The van der Waals surface area contributed by atoms with Crippen LogP contribution in [0.2, 0.25) is 0 Å². The van der Waals surface area contributed by atoms with Gasteiger partial charge in [-0.15, -0.1) is 13.2 Å². The van der Waals surface area contributed by atoms with Crippen LogP contribution in [-0.4, -0.2) is 29.3 Å². The van der Waals surface area contributed by atoms with E-state index >= 15 is 0 Å². The van der Waals surface area contributed by atoms with Gasteiger partial charge in [0.05, 0.1) is 18.1 Å². The quantitative estimate of drug-likeness (QED) is 0.502. The third-order valence-electron chi connectivity index (χ3n) is 1.80. The number of methoxy groups -OCH3 is 1. The Kier molecular flexibility index (Phi) is 3.77. The maximum atomic E-state index is 12.1. The van der Waals surface area contributed by atoms with E-state index in [0.717, 1.165) is 7.11 Å². The molecule has 0 unspecified atom stereocenters. The Labute approximate surface area is 101 Å². The molecule has 0 aliphatic heterocycles. The zero-order chi connectivity index (χ0) is 14.8. The summed E-state index contributed by atoms with van der Waals surface area (Å²) in [5, 5.41) is 10.4. The Morgan fingerprint density at radius 3 is 2.47 bits per heavy atom. The molecule has 11 heteroatoms. The van der Waals surface area contributed by atoms with Crippen LogP contribution in [0.25, 0.3) is 0 Å². The Bertz CT molecular complexity index is 579. The van der Waals surface area contributed by atoms with Gasteiger partial charge in [0, 0.05) is 0 Å². The van der Waals surface area contributed by atoms with Gasteiger partial charge in [-0.1, -0.05) is 0 Å². The van der Waals surface area contributed by atoms with Gasteiger partial charge < -0.3 is 14.5 Å². The van der Waals surface area contributed by atoms with Crippen molar-refractivity contribution in [1.29, 1.82) is 0 Å². The van der Waals surface area contributed by atoms with Crippen LogP contribution >= 0.6 is 0 Å². The van der Waals surface area contributed by atoms with Gasteiger partial charge in [0.2, 0.25) is 0 Å². The first-order valence-corrected chi connectivity index (χ1v) is 4.41. The Balaban J connectivity index is 3.46. The molecule has 104 valence electrons. The number of nitrogens with one attached hydrogen (secondary N) is 1. The summed E-state index contributed by atoms with van der Waals surface area (Å²) in [6.45, 7) is 0. The molecule has 0 radical (unpaired) electrons. The fourth-order valence-electron chi connectivity index (χ4n) is 1.10. The number of halogens is 3. The highest BCUT2D eigenvalue weighted by Crippen LogP contribution is 2.27. The molecule has 0 aliphatic rings. The van der Waals surface area contributed by atoms with Crippen LogP contribution in [0.1, 0.15) is 10.5 Å². The lowest BCUT2D eigenvalue weighted by Gasteiger charge is -2.11. The molecule has 19 heavy (non-hydrogen) atoms. The number of hydrogen-bond donors (Lipinski definition) is 1. The monoisotopic (exact) mass is 282 g/mol. The average molecular weight is 282 g/mol. The summed E-state index contributed by atoms with van der Waals surface area (Å²) in [5.41, 5.74) is -3.54. The van der Waals surface area contributed by atoms with Gasteiger partial charge in [0.15, 0.2) is 11.4 Å². The molecule has 1 aromatic rings. The maximum absolute atomic E-state index is 12.1. The van der Waals surface area contributed by atoms with Crippen molar-refractivity contribution in [3.8, 4) is 5.75 Å². The average Bonchev–Trinajstić information content (AvgIpc) is 2.27. The lowest BCUT2D eigenvalue weighted by molar-refractivity contribution is -0.386. The molecule has 0 aliphatic carbocycles. The number of H-pyrrole nitrogens is 1. The largest absolute Gasteiger partial charge is 0.573 e. The van der Waals surface area contributed by atoms with Crippen molar-refractivity contribution in [3.63, 3.8) is 0 Å². The molecule has 1 aromatic heterocycles. The van der Waals surface area contributed by atoms with Crippen LogP contribution in [0.4, 0.5) is 18.9 Å². The van der Waals surface area contributed by atoms with E-state index in [2.05, 4.69) is 9.47 Å². The number of aromatic amines is 1. The second kappa shape index (κ2) is 4.96. The van der Waals surface area contributed by atoms with Crippen molar-refractivity contribution in [2.75, 3.05) is 7.11 Å². The molecule has 1 rings (SSSR count). The first-order chi connectivity index (χ1) is 8.65. The molecular formula is C8H5F3N2O6. The molecule has 0 spiro atoms. The van der Waals surface area contributed by atoms with Crippen molar-refractivity contribution >= 4 is 11.7 Å². The molecule has 0 aromatic carbocycles. The van der Waals surface area contributed by atoms with Crippen LogP contribution in [0.3, 0.4) is 0 Å². The highest BCUT2D eigenvalue weighted by Gasteiger charge is 2.35. The van der Waals surface area contributed by atoms with Crippen molar-refractivity contribution in [1.82, 2.24) is 4.98 Å². The van der Waals surface area contributed by atoms with Crippen LogP contribution in [0.5, 0.6) is 5.75 Å². The smallest absolute Gasteiger partial charge is 0.464 e. The zero-order valence-corrected chi connectivity index (χ0v) is 9.11. The molecule has 1 N–H and O–H groups in total. The topological polar surface area (TPSA) is 112 Å². The molecule has 1 heterocycles. The summed E-state index contributed by atoms with van der Waals surface area (Å²) in [7, 11) is 0.847. The second-order valence-electron chi connectivity index (χ2n) is 3.02. The third-order valence-corrected chi connectivity index (χ3v) is 1.80. The number of nitrogens with zero attached hydrogens (tertiary/aromatic N) is 1. The van der Waals surface area contributed by atoms with Crippen LogP contribution in [-0.2, 0) is 4.74 Å². The van der Waals surface area contributed by atoms with Gasteiger partial charge >= 0.3 is 23.6 Å². The van der Waals surface area contributed by atoms with E-state index < -0.39 is 39.9 Å². The second-order valence-corrected chi connectivity index (χ2v) is 3.02. The molecular weight excluding hydrogens is 277 g/mol. The van der Waals surface area contributed by atoms with Crippen LogP contribution < -0.4 is 10.3 Å². The SMILES string of the molecule is COC(=O)c1[nH]c(=O)c([N+](=O)[O-])cc1OC(F)(F)F. The van der Waals surface area contributed by atoms with E-state index in [4.69, 9.17) is 0 Å². The first kappa shape index (κ1) is 14.5. The number of esters is 1. The molecule has 0 bridgehead atoms. The van der Waals surface area contributed by atoms with E-state index in [0.29, 0.717) is 0 Å². The highest BCUT2D eigenvalue weighted by molar-refractivity contribution is 5.90. The minimum atomic E-state index is -5.20. The fraction of sp³-hybridized carbons (Fsp3) is 0.250. The van der Waals surface area contributed by atoms with Gasteiger partial charge in [0.25, 0.3) is 0 Å². The number of pyridine rings is 1. The number of rotatable bonds is 3. The zero-order valence-electron chi connectivity index (χ0n) is 9.11. The maximum Gasteiger partial charge on any atom is 0.573 e. The van der Waals surface area contributed by atoms with Gasteiger partial charge in [-0.3, -0.25) is 14.9 Å². The van der Waals surface area contributed by atoms with Gasteiger partial charge in [-0.2, -0.15) is 0 Å². The number of ether oxygens (including phenoxy) is 2. The third kappa shape index (κ3) is 3.43. The summed E-state index contributed by atoms with van der Waals surface area (Å²) < 4.78 is 43.8. The Morgan fingerprint density at radius 1 is 1.47 bits per heavy atom. The van der Waals surface area contributed by atoms with Crippen LogP contribution in [0, 0.1) is 10.1 Å². The van der Waals surface area contributed by atoms with E-state index in [9.17, 15) is 32.9 Å². The fourth-order valence-corrected chi connectivity index (χ4v) is 1.10. The minimum Gasteiger partial charge on any atom is -0.464 e. The molecule has 0 fully saturated rings. The summed E-state index contributed by atoms with van der Waals surface area (Å²) in [4.78, 5) is 33.1. The van der Waals surface area contributed by atoms with Gasteiger partial charge in [0.1, 0.15) is 0 Å². The molecule has 0 atom stereocenters. The van der Waals surface area contributed by atoms with E-state index in [1.807, 2.05) is 0 Å². The first-order valence-electron chi connectivity index (χ1n) is 4.41. The van der Waals surface area contributed by atoms with Gasteiger partial charge in [-0.25, -0.2) is 4.79 Å². The van der Waals surface area contributed by atoms with Crippen molar-refractivity contribution < 1.29 is 32.4 Å². The summed E-state index contributed by atoms with van der Waals surface area (Å²) in [6.07, 6.45) is -5.20. The Hall–Kier alpha value is -2.59. The molecule has 0 saturated carbocycles. The van der Waals surface area contributed by atoms with Crippen molar-refractivity contribution in [2.45, 2.75) is 6.36 Å². The molecule has 8 nitrogen and oxygen atoms in total. The lowest BCUT2D eigenvalue weighted by atomic mass is 10.3. The van der Waals surface area contributed by atoms with Gasteiger partial charge in [-0.05, 0) is 0 Å². The summed E-state index contributed by atoms with van der Waals surface area (Å²) in [6, 6.07) is 0.193. The minimum absolute atomic E-state index is 0.193. The number of alkyl halides is 3.